The number of hydrogen-bond acceptors (Lipinski definition) is 6. The first-order valence-electron chi connectivity index (χ1n) is 7.98. The Bertz CT molecular complexity index is 720. The van der Waals surface area contributed by atoms with Crippen LogP contribution in [0.5, 0.6) is 0 Å². The zero-order valence-corrected chi connectivity index (χ0v) is 14.6. The molecule has 0 saturated carbocycles. The molecule has 0 bridgehead atoms. The van der Waals surface area contributed by atoms with Crippen molar-refractivity contribution in [2.24, 2.45) is 7.05 Å². The molecule has 4 N–H and O–H groups in total. The van der Waals surface area contributed by atoms with Gasteiger partial charge < -0.3 is 15.5 Å². The molecule has 3 aromatic heterocycles. The highest BCUT2D eigenvalue weighted by Gasteiger charge is 2.10. The Morgan fingerprint density at radius 3 is 2.46 bits per heavy atom. The van der Waals surface area contributed by atoms with Crippen molar-refractivity contribution in [1.29, 1.82) is 0 Å². The average Bonchev–Trinajstić information content (AvgIpc) is 3.23. The predicted molar refractivity (Wildman–Crippen MR) is 95.8 cm³/mol. The van der Waals surface area contributed by atoms with Gasteiger partial charge in [0.2, 0.25) is 0 Å². The average molecular weight is 334 g/mol. The summed E-state index contributed by atoms with van der Waals surface area (Å²) in [4.78, 5) is 4.36. The van der Waals surface area contributed by atoms with Crippen molar-refractivity contribution in [3.05, 3.63) is 24.7 Å². The molecule has 0 aliphatic carbocycles. The lowest BCUT2D eigenvalue weighted by atomic mass is 10.2. The second-order valence-electron chi connectivity index (χ2n) is 4.57. The number of aliphatic hydroxyl groups is 2. The monoisotopic (exact) mass is 334 g/mol. The molecule has 8 heteroatoms. The Morgan fingerprint density at radius 1 is 1.21 bits per heavy atom. The number of aromatic nitrogens is 5. The minimum atomic E-state index is -0.125. The molecular weight excluding hydrogens is 308 g/mol. The minimum absolute atomic E-state index is 0.125. The molecule has 0 radical (unpaired) electrons. The van der Waals surface area contributed by atoms with Crippen LogP contribution in [0.15, 0.2) is 24.7 Å². The number of hydrogen-bond donors (Lipinski definition) is 4. The summed E-state index contributed by atoms with van der Waals surface area (Å²) in [5.41, 5.74) is 2.84. The van der Waals surface area contributed by atoms with Crippen LogP contribution in [0.4, 0.5) is 5.82 Å². The van der Waals surface area contributed by atoms with Gasteiger partial charge in [0.15, 0.2) is 0 Å². The number of pyridine rings is 1. The van der Waals surface area contributed by atoms with E-state index in [1.165, 1.54) is 0 Å². The van der Waals surface area contributed by atoms with Gasteiger partial charge in [-0.1, -0.05) is 13.8 Å². The minimum Gasteiger partial charge on any atom is -0.394 e. The van der Waals surface area contributed by atoms with Crippen LogP contribution < -0.4 is 5.32 Å². The van der Waals surface area contributed by atoms with Gasteiger partial charge in [0.25, 0.3) is 0 Å². The highest BCUT2D eigenvalue weighted by molar-refractivity contribution is 5.93. The third kappa shape index (κ3) is 5.04. The van der Waals surface area contributed by atoms with Gasteiger partial charge >= 0.3 is 0 Å². The smallest absolute Gasteiger partial charge is 0.128 e. The van der Waals surface area contributed by atoms with Gasteiger partial charge in [-0.15, -0.1) is 0 Å². The SMILES string of the molecule is CC.CCNc1cc2[nH]nc(-c3cnn(C)c3)c2cn1.OCCO. The Morgan fingerprint density at radius 2 is 1.92 bits per heavy atom. The quantitative estimate of drug-likeness (QED) is 0.579. The van der Waals surface area contributed by atoms with Crippen molar-refractivity contribution in [3.63, 3.8) is 0 Å². The van der Waals surface area contributed by atoms with E-state index in [4.69, 9.17) is 10.2 Å². The number of nitrogens with one attached hydrogen (secondary N) is 2. The number of aromatic amines is 1. The fourth-order valence-electron chi connectivity index (χ4n) is 1.95. The highest BCUT2D eigenvalue weighted by atomic mass is 16.3. The van der Waals surface area contributed by atoms with Gasteiger partial charge in [-0.25, -0.2) is 4.98 Å². The standard InChI is InChI=1S/C12H14N6.C2H6O2.C2H6/c1-3-13-11-4-10-9(6-14-11)12(17-16-10)8-5-15-18(2)7-8;3-1-2-4;1-2/h4-7H,3H2,1-2H3,(H,13,14)(H,16,17);3-4H,1-2H2;1-2H3. The van der Waals surface area contributed by atoms with E-state index in [9.17, 15) is 0 Å². The maximum absolute atomic E-state index is 7.62. The van der Waals surface area contributed by atoms with Crippen molar-refractivity contribution in [1.82, 2.24) is 25.0 Å². The van der Waals surface area contributed by atoms with E-state index in [0.717, 1.165) is 34.5 Å². The molecule has 0 fully saturated rings. The van der Waals surface area contributed by atoms with E-state index >= 15 is 0 Å². The summed E-state index contributed by atoms with van der Waals surface area (Å²) < 4.78 is 1.76. The van der Waals surface area contributed by atoms with Crippen molar-refractivity contribution in [2.45, 2.75) is 20.8 Å². The molecule has 8 nitrogen and oxygen atoms in total. The maximum atomic E-state index is 7.62. The topological polar surface area (TPSA) is 112 Å². The summed E-state index contributed by atoms with van der Waals surface area (Å²) in [7, 11) is 1.89. The summed E-state index contributed by atoms with van der Waals surface area (Å²) >= 11 is 0. The number of anilines is 1. The zero-order chi connectivity index (χ0) is 17.9. The second-order valence-corrected chi connectivity index (χ2v) is 4.57. The molecule has 0 saturated heterocycles. The summed E-state index contributed by atoms with van der Waals surface area (Å²) in [5, 5.41) is 30.9. The van der Waals surface area contributed by atoms with Crippen LogP contribution in [0.2, 0.25) is 0 Å². The molecule has 0 unspecified atom stereocenters. The van der Waals surface area contributed by atoms with E-state index in [0.29, 0.717) is 0 Å². The molecule has 3 heterocycles. The largest absolute Gasteiger partial charge is 0.394 e. The zero-order valence-electron chi connectivity index (χ0n) is 14.6. The Hall–Kier alpha value is -2.45. The van der Waals surface area contributed by atoms with E-state index in [2.05, 4.69) is 25.6 Å². The third-order valence-corrected chi connectivity index (χ3v) is 2.88. The Labute approximate surface area is 141 Å². The molecular formula is C16H26N6O2. The maximum Gasteiger partial charge on any atom is 0.128 e. The first-order valence-corrected chi connectivity index (χ1v) is 7.98. The third-order valence-electron chi connectivity index (χ3n) is 2.88. The number of aryl methyl sites for hydroxylation is 1. The first kappa shape index (κ1) is 19.6. The van der Waals surface area contributed by atoms with Crippen LogP contribution in [0.1, 0.15) is 20.8 Å². The van der Waals surface area contributed by atoms with Crippen molar-refractivity contribution < 1.29 is 10.2 Å². The molecule has 0 spiro atoms. The fraction of sp³-hybridized carbons (Fsp3) is 0.438. The van der Waals surface area contributed by atoms with Gasteiger partial charge in [0, 0.05) is 43.0 Å². The van der Waals surface area contributed by atoms with Crippen LogP contribution in [0.25, 0.3) is 22.2 Å². The van der Waals surface area contributed by atoms with Gasteiger partial charge in [0.05, 0.1) is 24.9 Å². The number of fused-ring (bicyclic) bond motifs is 1. The summed E-state index contributed by atoms with van der Waals surface area (Å²) in [6.45, 7) is 6.64. The molecule has 24 heavy (non-hydrogen) atoms. The van der Waals surface area contributed by atoms with E-state index in [1.54, 1.807) is 10.9 Å². The first-order chi connectivity index (χ1) is 11.7. The molecule has 0 aromatic carbocycles. The summed E-state index contributed by atoms with van der Waals surface area (Å²) in [5.74, 6) is 0.853. The van der Waals surface area contributed by atoms with Gasteiger partial charge in [-0.3, -0.25) is 9.78 Å². The molecule has 3 rings (SSSR count). The number of rotatable bonds is 4. The fourth-order valence-corrected chi connectivity index (χ4v) is 1.95. The van der Waals surface area contributed by atoms with Crippen LogP contribution in [0.3, 0.4) is 0 Å². The lowest BCUT2D eigenvalue weighted by Gasteiger charge is -2.00. The Kier molecular flexibility index (Phi) is 8.45. The molecule has 0 atom stereocenters. The number of aliphatic hydroxyl groups excluding tert-OH is 2. The predicted octanol–water partition coefficient (Wildman–Crippen LogP) is 1.79. The van der Waals surface area contributed by atoms with Gasteiger partial charge in [0.1, 0.15) is 11.5 Å². The lowest BCUT2D eigenvalue weighted by Crippen LogP contribution is -1.98. The van der Waals surface area contributed by atoms with Crippen molar-refractivity contribution in [2.75, 3.05) is 25.1 Å². The number of H-pyrrole nitrogens is 1. The Balaban J connectivity index is 0.000000423. The van der Waals surface area contributed by atoms with Crippen molar-refractivity contribution in [3.8, 4) is 11.3 Å². The normalized spacial score (nSPS) is 9.75. The van der Waals surface area contributed by atoms with Crippen molar-refractivity contribution >= 4 is 16.7 Å². The van der Waals surface area contributed by atoms with Gasteiger partial charge in [-0.05, 0) is 6.92 Å². The molecule has 3 aromatic rings. The van der Waals surface area contributed by atoms with Crippen LogP contribution in [-0.2, 0) is 7.05 Å². The summed E-state index contributed by atoms with van der Waals surface area (Å²) in [6.07, 6.45) is 5.57. The molecule has 0 aliphatic rings. The lowest BCUT2D eigenvalue weighted by molar-refractivity contribution is 0.186. The van der Waals surface area contributed by atoms with Crippen LogP contribution in [-0.4, -0.2) is 54.9 Å². The van der Waals surface area contributed by atoms with E-state index in [-0.39, 0.29) is 13.2 Å². The molecule has 0 amide bonds. The second kappa shape index (κ2) is 10.3. The highest BCUT2D eigenvalue weighted by Crippen LogP contribution is 2.26. The van der Waals surface area contributed by atoms with Crippen LogP contribution in [0, 0.1) is 0 Å². The summed E-state index contributed by atoms with van der Waals surface area (Å²) in [6, 6.07) is 1.96. The van der Waals surface area contributed by atoms with Gasteiger partial charge in [-0.2, -0.15) is 10.2 Å². The van der Waals surface area contributed by atoms with E-state index < -0.39 is 0 Å². The number of nitrogens with zero attached hydrogens (tertiary/aromatic N) is 4. The molecule has 132 valence electrons. The van der Waals surface area contributed by atoms with E-state index in [1.807, 2.05) is 46.3 Å². The molecule has 0 aliphatic heterocycles. The van der Waals surface area contributed by atoms with Crippen LogP contribution >= 0.6 is 0 Å².